The molecule has 0 saturated heterocycles. The molecule has 0 bridgehead atoms. The van der Waals surface area contributed by atoms with Gasteiger partial charge in [0.25, 0.3) is 8.53 Å². The Hall–Kier alpha value is 0.154. The standard InChI is InChI=1S/C24H53N2O4PSi2/c1-20(2)26(21(3)4)31(27-17-15-16-25)28-18-22(30-33(13,14)24(8,9)10)19-29-32(11,12)23(5,6)7/h20-22H,15,17-19H2,1-14H3/t22-,31?/m1/s1. The fourth-order valence-corrected chi connectivity index (χ4v) is 6.68. The van der Waals surface area contributed by atoms with Crippen molar-refractivity contribution < 1.29 is 17.9 Å². The van der Waals surface area contributed by atoms with Gasteiger partial charge in [-0.25, -0.2) is 4.67 Å². The van der Waals surface area contributed by atoms with Crippen molar-refractivity contribution in [3.63, 3.8) is 0 Å². The van der Waals surface area contributed by atoms with Crippen LogP contribution in [0.2, 0.25) is 36.3 Å². The van der Waals surface area contributed by atoms with Gasteiger partial charge in [-0.15, -0.1) is 0 Å². The Bertz CT molecular complexity index is 603. The maximum absolute atomic E-state index is 8.96. The van der Waals surface area contributed by atoms with E-state index in [0.29, 0.717) is 26.2 Å². The Morgan fingerprint density at radius 3 is 1.70 bits per heavy atom. The number of nitrogens with zero attached hydrogens (tertiary/aromatic N) is 2. The summed E-state index contributed by atoms with van der Waals surface area (Å²) in [7, 11) is -5.24. The van der Waals surface area contributed by atoms with Crippen LogP contribution >= 0.6 is 8.53 Å². The van der Waals surface area contributed by atoms with E-state index in [0.717, 1.165) is 0 Å². The average Bonchev–Trinajstić information content (AvgIpc) is 2.61. The highest BCUT2D eigenvalue weighted by Crippen LogP contribution is 2.47. The van der Waals surface area contributed by atoms with Crippen molar-refractivity contribution in [2.45, 2.75) is 130 Å². The van der Waals surface area contributed by atoms with Gasteiger partial charge < -0.3 is 17.9 Å². The van der Waals surface area contributed by atoms with Crippen LogP contribution < -0.4 is 0 Å². The molecule has 0 saturated carbocycles. The topological polar surface area (TPSA) is 64.0 Å². The van der Waals surface area contributed by atoms with E-state index in [9.17, 15) is 0 Å². The summed E-state index contributed by atoms with van der Waals surface area (Å²) in [4.78, 5) is 0. The molecule has 1 unspecified atom stereocenters. The molecule has 0 N–H and O–H groups in total. The normalized spacial score (nSPS) is 15.9. The van der Waals surface area contributed by atoms with Crippen molar-refractivity contribution in [3.05, 3.63) is 0 Å². The van der Waals surface area contributed by atoms with E-state index in [1.54, 1.807) is 0 Å². The summed E-state index contributed by atoms with van der Waals surface area (Å²) in [6, 6.07) is 2.69. The largest absolute Gasteiger partial charge is 0.414 e. The Kier molecular flexibility index (Phi) is 13.5. The summed E-state index contributed by atoms with van der Waals surface area (Å²) in [6.45, 7) is 32.5. The van der Waals surface area contributed by atoms with Crippen LogP contribution in [0.1, 0.15) is 75.7 Å². The van der Waals surface area contributed by atoms with Gasteiger partial charge in [-0.3, -0.25) is 0 Å². The summed E-state index contributed by atoms with van der Waals surface area (Å²) < 4.78 is 28.1. The van der Waals surface area contributed by atoms with Gasteiger partial charge in [0.15, 0.2) is 16.6 Å². The summed E-state index contributed by atoms with van der Waals surface area (Å²) in [5, 5.41) is 9.19. The molecule has 0 aliphatic rings. The molecule has 0 aliphatic heterocycles. The number of rotatable bonds is 14. The molecule has 6 nitrogen and oxygen atoms in total. The summed E-state index contributed by atoms with van der Waals surface area (Å²) >= 11 is 0. The lowest BCUT2D eigenvalue weighted by Crippen LogP contribution is -2.49. The second kappa shape index (κ2) is 13.5. The molecule has 0 heterocycles. The minimum Gasteiger partial charge on any atom is -0.414 e. The molecule has 33 heavy (non-hydrogen) atoms. The first kappa shape index (κ1) is 33.2. The van der Waals surface area contributed by atoms with Crippen LogP contribution in [0.15, 0.2) is 0 Å². The fraction of sp³-hybridized carbons (Fsp3) is 0.958. The van der Waals surface area contributed by atoms with Crippen molar-refractivity contribution in [1.29, 1.82) is 5.26 Å². The Balaban J connectivity index is 5.68. The molecule has 0 amide bonds. The van der Waals surface area contributed by atoms with Crippen LogP contribution in [0.5, 0.6) is 0 Å². The van der Waals surface area contributed by atoms with Crippen molar-refractivity contribution in [1.82, 2.24) is 4.67 Å². The van der Waals surface area contributed by atoms with Gasteiger partial charge in [-0.05, 0) is 64.0 Å². The minimum atomic E-state index is -2.02. The molecule has 9 heteroatoms. The lowest BCUT2D eigenvalue weighted by atomic mass is 10.2. The van der Waals surface area contributed by atoms with Gasteiger partial charge in [0.2, 0.25) is 0 Å². The molecule has 0 aromatic heterocycles. The predicted molar refractivity (Wildman–Crippen MR) is 146 cm³/mol. The van der Waals surface area contributed by atoms with Gasteiger partial charge >= 0.3 is 0 Å². The third-order valence-corrected chi connectivity index (χ3v) is 17.8. The van der Waals surface area contributed by atoms with Gasteiger partial charge in [0.05, 0.1) is 38.4 Å². The molecular weight excluding hydrogens is 467 g/mol. The van der Waals surface area contributed by atoms with Crippen molar-refractivity contribution >= 4 is 25.2 Å². The average molecular weight is 521 g/mol. The highest BCUT2D eigenvalue weighted by atomic mass is 31.2. The fourth-order valence-electron chi connectivity index (χ4n) is 2.69. The van der Waals surface area contributed by atoms with E-state index < -0.39 is 25.2 Å². The quantitative estimate of drug-likeness (QED) is 0.133. The second-order valence-electron chi connectivity index (χ2n) is 12.4. The molecule has 0 aromatic carbocycles. The summed E-state index contributed by atoms with van der Waals surface area (Å²) in [5.74, 6) is 0. The Morgan fingerprint density at radius 1 is 0.818 bits per heavy atom. The van der Waals surface area contributed by atoms with E-state index in [-0.39, 0.29) is 28.3 Å². The lowest BCUT2D eigenvalue weighted by Gasteiger charge is -2.42. The lowest BCUT2D eigenvalue weighted by molar-refractivity contribution is 0.0558. The molecule has 196 valence electrons. The summed E-state index contributed by atoms with van der Waals surface area (Å²) in [6.07, 6.45) is 0.190. The molecular formula is C24H53N2O4PSi2. The monoisotopic (exact) mass is 520 g/mol. The van der Waals surface area contributed by atoms with Crippen LogP contribution in [-0.4, -0.2) is 59.3 Å². The maximum atomic E-state index is 8.96. The SMILES string of the molecule is CC(C)N(C(C)C)P(OCCC#N)OC[C@H](CO[Si](C)(C)C(C)(C)C)O[Si](C)(C)C(C)(C)C. The van der Waals surface area contributed by atoms with Crippen molar-refractivity contribution in [3.8, 4) is 6.07 Å². The zero-order valence-electron chi connectivity index (χ0n) is 24.0. The third-order valence-electron chi connectivity index (χ3n) is 6.74. The van der Waals surface area contributed by atoms with Crippen LogP contribution in [0.4, 0.5) is 0 Å². The van der Waals surface area contributed by atoms with E-state index in [2.05, 4.69) is 106 Å². The zero-order chi connectivity index (χ0) is 26.3. The molecule has 0 aliphatic carbocycles. The first-order valence-electron chi connectivity index (χ1n) is 12.3. The number of nitriles is 1. The minimum absolute atomic E-state index is 0.0954. The van der Waals surface area contributed by atoms with Crippen molar-refractivity contribution in [2.75, 3.05) is 19.8 Å². The van der Waals surface area contributed by atoms with E-state index >= 15 is 0 Å². The van der Waals surface area contributed by atoms with Crippen LogP contribution in [0, 0.1) is 11.3 Å². The van der Waals surface area contributed by atoms with Gasteiger partial charge in [0.1, 0.15) is 0 Å². The Labute approximate surface area is 208 Å². The first-order chi connectivity index (χ1) is 14.8. The van der Waals surface area contributed by atoms with Crippen LogP contribution in [0.25, 0.3) is 0 Å². The predicted octanol–water partition coefficient (Wildman–Crippen LogP) is 7.69. The van der Waals surface area contributed by atoms with E-state index in [1.165, 1.54) is 0 Å². The second-order valence-corrected chi connectivity index (χ2v) is 23.4. The highest BCUT2D eigenvalue weighted by Gasteiger charge is 2.42. The van der Waals surface area contributed by atoms with Gasteiger partial charge in [0, 0.05) is 12.1 Å². The molecule has 2 atom stereocenters. The van der Waals surface area contributed by atoms with E-state index in [4.69, 9.17) is 23.2 Å². The smallest absolute Gasteiger partial charge is 0.259 e. The third kappa shape index (κ3) is 11.2. The molecule has 0 rings (SSSR count). The molecule has 0 radical (unpaired) electrons. The van der Waals surface area contributed by atoms with Crippen LogP contribution in [0.3, 0.4) is 0 Å². The van der Waals surface area contributed by atoms with Gasteiger partial charge in [-0.2, -0.15) is 5.26 Å². The summed E-state index contributed by atoms with van der Waals surface area (Å²) in [5.41, 5.74) is 0. The van der Waals surface area contributed by atoms with Crippen molar-refractivity contribution in [2.24, 2.45) is 0 Å². The number of hydrogen-bond acceptors (Lipinski definition) is 6. The maximum Gasteiger partial charge on any atom is 0.259 e. The molecule has 0 spiro atoms. The zero-order valence-corrected chi connectivity index (χ0v) is 26.9. The van der Waals surface area contributed by atoms with E-state index in [1.807, 2.05) is 0 Å². The highest BCUT2D eigenvalue weighted by molar-refractivity contribution is 7.44. The molecule has 0 fully saturated rings. The van der Waals surface area contributed by atoms with Gasteiger partial charge in [-0.1, -0.05) is 41.5 Å². The number of hydrogen-bond donors (Lipinski definition) is 0. The first-order valence-corrected chi connectivity index (χ1v) is 19.2. The molecule has 0 aromatic rings. The van der Waals surface area contributed by atoms with Crippen LogP contribution in [-0.2, 0) is 17.9 Å². The Morgan fingerprint density at radius 2 is 1.30 bits per heavy atom.